The Morgan fingerprint density at radius 1 is 1.45 bits per heavy atom. The van der Waals surface area contributed by atoms with Crippen LogP contribution in [0.5, 0.6) is 0 Å². The van der Waals surface area contributed by atoms with Crippen molar-refractivity contribution in [3.05, 3.63) is 29.0 Å². The van der Waals surface area contributed by atoms with E-state index in [0.717, 1.165) is 12.8 Å². The van der Waals surface area contributed by atoms with Gasteiger partial charge >= 0.3 is 0 Å². The summed E-state index contributed by atoms with van der Waals surface area (Å²) in [7, 11) is 0. The Morgan fingerprint density at radius 3 is 2.80 bits per heavy atom. The SMILES string of the molecule is O=C(c1cccc(Cl)n1)N1C[C@@H](F)[C@@H](O)C12CCCC2. The number of nitrogens with zero attached hydrogens (tertiary/aromatic N) is 2. The van der Waals surface area contributed by atoms with Crippen LogP contribution in [0.3, 0.4) is 0 Å². The number of rotatable bonds is 1. The number of halogens is 2. The van der Waals surface area contributed by atoms with Crippen LogP contribution < -0.4 is 0 Å². The molecule has 6 heteroatoms. The van der Waals surface area contributed by atoms with Gasteiger partial charge in [-0.3, -0.25) is 4.79 Å². The summed E-state index contributed by atoms with van der Waals surface area (Å²) in [5.74, 6) is -0.353. The third-order valence-corrected chi connectivity index (χ3v) is 4.65. The maximum atomic E-state index is 13.9. The van der Waals surface area contributed by atoms with Crippen molar-refractivity contribution in [3.63, 3.8) is 0 Å². The summed E-state index contributed by atoms with van der Waals surface area (Å²) in [6.07, 6.45) is 0.582. The summed E-state index contributed by atoms with van der Waals surface area (Å²) in [6, 6.07) is 4.79. The van der Waals surface area contributed by atoms with Gasteiger partial charge < -0.3 is 10.0 Å². The molecule has 1 saturated carbocycles. The Bertz CT molecular complexity index is 534. The molecule has 2 atom stereocenters. The van der Waals surface area contributed by atoms with Crippen LogP contribution in [-0.2, 0) is 0 Å². The highest BCUT2D eigenvalue weighted by atomic mass is 35.5. The van der Waals surface area contributed by atoms with E-state index >= 15 is 0 Å². The number of hydrogen-bond acceptors (Lipinski definition) is 3. The molecule has 2 heterocycles. The topological polar surface area (TPSA) is 53.4 Å². The van der Waals surface area contributed by atoms with Crippen LogP contribution in [0.1, 0.15) is 36.2 Å². The van der Waals surface area contributed by atoms with Crippen LogP contribution in [0.4, 0.5) is 4.39 Å². The molecule has 0 aromatic carbocycles. The molecule has 108 valence electrons. The van der Waals surface area contributed by atoms with Crippen LogP contribution in [0.25, 0.3) is 0 Å². The lowest BCUT2D eigenvalue weighted by Crippen LogP contribution is -2.51. The van der Waals surface area contributed by atoms with E-state index < -0.39 is 17.8 Å². The van der Waals surface area contributed by atoms with Gasteiger partial charge in [0.1, 0.15) is 23.1 Å². The fraction of sp³-hybridized carbons (Fsp3) is 0.571. The molecule has 1 aliphatic carbocycles. The number of likely N-dealkylation sites (tertiary alicyclic amines) is 1. The van der Waals surface area contributed by atoms with Crippen molar-refractivity contribution in [2.24, 2.45) is 0 Å². The van der Waals surface area contributed by atoms with Crippen LogP contribution in [0.2, 0.25) is 5.15 Å². The van der Waals surface area contributed by atoms with Crippen molar-refractivity contribution in [2.45, 2.75) is 43.5 Å². The Kier molecular flexibility index (Phi) is 3.42. The van der Waals surface area contributed by atoms with E-state index in [0.29, 0.717) is 12.8 Å². The van der Waals surface area contributed by atoms with Gasteiger partial charge in [0.2, 0.25) is 0 Å². The van der Waals surface area contributed by atoms with Crippen molar-refractivity contribution in [1.29, 1.82) is 0 Å². The highest BCUT2D eigenvalue weighted by Gasteiger charge is 2.56. The second kappa shape index (κ2) is 4.97. The van der Waals surface area contributed by atoms with Crippen molar-refractivity contribution >= 4 is 17.5 Å². The molecule has 3 rings (SSSR count). The third-order valence-electron chi connectivity index (χ3n) is 4.44. The number of aliphatic hydroxyl groups excluding tert-OH is 1. The van der Waals surface area contributed by atoms with Gasteiger partial charge in [-0.2, -0.15) is 0 Å². The largest absolute Gasteiger partial charge is 0.388 e. The minimum absolute atomic E-state index is 0.0752. The molecule has 20 heavy (non-hydrogen) atoms. The van der Waals surface area contributed by atoms with E-state index in [9.17, 15) is 14.3 Å². The summed E-state index contributed by atoms with van der Waals surface area (Å²) in [6.45, 7) is -0.0752. The van der Waals surface area contributed by atoms with Gasteiger partial charge in [0.15, 0.2) is 0 Å². The van der Waals surface area contributed by atoms with Gasteiger partial charge in [-0.25, -0.2) is 9.37 Å². The normalized spacial score (nSPS) is 28.2. The number of aliphatic hydroxyl groups is 1. The Hall–Kier alpha value is -1.20. The lowest BCUT2D eigenvalue weighted by molar-refractivity contribution is 0.0135. The number of alkyl halides is 1. The monoisotopic (exact) mass is 298 g/mol. The predicted molar refractivity (Wildman–Crippen MR) is 72.4 cm³/mol. The van der Waals surface area contributed by atoms with Gasteiger partial charge in [0.25, 0.3) is 5.91 Å². The van der Waals surface area contributed by atoms with Crippen molar-refractivity contribution in [2.75, 3.05) is 6.54 Å². The number of aromatic nitrogens is 1. The molecular formula is C14H16ClFN2O2. The number of amides is 1. The Labute approximate surface area is 121 Å². The molecule has 1 spiro atoms. The zero-order valence-electron chi connectivity index (χ0n) is 10.9. The summed E-state index contributed by atoms with van der Waals surface area (Å²) in [5, 5.41) is 10.4. The molecule has 0 radical (unpaired) electrons. The van der Waals surface area contributed by atoms with Gasteiger partial charge in [0.05, 0.1) is 12.1 Å². The summed E-state index contributed by atoms with van der Waals surface area (Å²) >= 11 is 5.80. The first kappa shape index (κ1) is 13.8. The summed E-state index contributed by atoms with van der Waals surface area (Å²) in [5.41, 5.74) is -0.564. The van der Waals surface area contributed by atoms with Crippen LogP contribution in [0, 0.1) is 0 Å². The average Bonchev–Trinajstić information content (AvgIpc) is 3.01. The fourth-order valence-electron chi connectivity index (χ4n) is 3.46. The lowest BCUT2D eigenvalue weighted by atomic mass is 9.90. The molecule has 1 aromatic rings. The molecular weight excluding hydrogens is 283 g/mol. The molecule has 1 aliphatic heterocycles. The number of pyridine rings is 1. The molecule has 4 nitrogen and oxygen atoms in total. The maximum Gasteiger partial charge on any atom is 0.273 e. The van der Waals surface area contributed by atoms with Gasteiger partial charge in [-0.1, -0.05) is 30.5 Å². The van der Waals surface area contributed by atoms with Crippen molar-refractivity contribution < 1.29 is 14.3 Å². The third kappa shape index (κ3) is 2.00. The molecule has 1 N–H and O–H groups in total. The highest BCUT2D eigenvalue weighted by Crippen LogP contribution is 2.44. The first-order valence-corrected chi connectivity index (χ1v) is 7.19. The minimum Gasteiger partial charge on any atom is -0.388 e. The van der Waals surface area contributed by atoms with E-state index in [4.69, 9.17) is 11.6 Å². The minimum atomic E-state index is -1.39. The zero-order valence-corrected chi connectivity index (χ0v) is 11.7. The van der Waals surface area contributed by atoms with E-state index in [1.165, 1.54) is 4.90 Å². The van der Waals surface area contributed by atoms with Gasteiger partial charge in [0, 0.05) is 0 Å². The second-order valence-electron chi connectivity index (χ2n) is 5.53. The van der Waals surface area contributed by atoms with Crippen LogP contribution in [0.15, 0.2) is 18.2 Å². The smallest absolute Gasteiger partial charge is 0.273 e. The van der Waals surface area contributed by atoms with E-state index in [-0.39, 0.29) is 23.3 Å². The van der Waals surface area contributed by atoms with Crippen LogP contribution in [-0.4, -0.2) is 45.3 Å². The van der Waals surface area contributed by atoms with E-state index in [1.807, 2.05) is 0 Å². The molecule has 1 saturated heterocycles. The van der Waals surface area contributed by atoms with Crippen molar-refractivity contribution in [3.8, 4) is 0 Å². The Morgan fingerprint density at radius 2 is 2.15 bits per heavy atom. The quantitative estimate of drug-likeness (QED) is 0.809. The summed E-state index contributed by atoms with van der Waals surface area (Å²) in [4.78, 5) is 18.0. The Balaban J connectivity index is 1.94. The van der Waals surface area contributed by atoms with Crippen LogP contribution >= 0.6 is 11.6 Å². The maximum absolute atomic E-state index is 13.9. The predicted octanol–water partition coefficient (Wildman–Crippen LogP) is 2.20. The molecule has 0 unspecified atom stereocenters. The van der Waals surface area contributed by atoms with Gasteiger partial charge in [-0.05, 0) is 25.0 Å². The molecule has 1 amide bonds. The average molecular weight is 299 g/mol. The van der Waals surface area contributed by atoms with E-state index in [2.05, 4.69) is 4.98 Å². The molecule has 0 bridgehead atoms. The first-order valence-electron chi connectivity index (χ1n) is 6.81. The van der Waals surface area contributed by atoms with Gasteiger partial charge in [-0.15, -0.1) is 0 Å². The second-order valence-corrected chi connectivity index (χ2v) is 5.92. The number of carbonyl (C=O) groups is 1. The number of carbonyl (C=O) groups excluding carboxylic acids is 1. The molecule has 1 aromatic heterocycles. The fourth-order valence-corrected chi connectivity index (χ4v) is 3.62. The highest BCUT2D eigenvalue weighted by molar-refractivity contribution is 6.29. The zero-order chi connectivity index (χ0) is 14.3. The van der Waals surface area contributed by atoms with Crippen molar-refractivity contribution in [1.82, 2.24) is 9.88 Å². The molecule has 2 fully saturated rings. The van der Waals surface area contributed by atoms with E-state index in [1.54, 1.807) is 18.2 Å². The first-order chi connectivity index (χ1) is 9.54. The summed E-state index contributed by atoms with van der Waals surface area (Å²) < 4.78 is 13.9. The standard InChI is InChI=1S/C14H16ClFN2O2/c15-11-5-3-4-10(17-11)13(20)18-8-9(16)12(19)14(18)6-1-2-7-14/h3-5,9,12,19H,1-2,6-8H2/t9-,12-/m1/s1. The molecule has 2 aliphatic rings. The lowest BCUT2D eigenvalue weighted by Gasteiger charge is -2.36. The number of hydrogen-bond donors (Lipinski definition) is 1.